The number of benzene rings is 2. The Hall–Kier alpha value is -2.41. The molecule has 0 amide bonds. The zero-order chi connectivity index (χ0) is 18.1. The molecule has 2 heterocycles. The molecule has 2 aliphatic heterocycles. The highest BCUT2D eigenvalue weighted by Crippen LogP contribution is 2.42. The van der Waals surface area contributed by atoms with Gasteiger partial charge in [0, 0.05) is 23.1 Å². The second-order valence-corrected chi connectivity index (χ2v) is 6.90. The fraction of sp³-hybridized carbons (Fsp3) is 0.316. The molecule has 2 aromatic rings. The molecule has 136 valence electrons. The third-order valence-electron chi connectivity index (χ3n) is 4.45. The average Bonchev–Trinajstić information content (AvgIpc) is 3.29. The van der Waals surface area contributed by atoms with Crippen molar-refractivity contribution in [3.8, 4) is 23.0 Å². The lowest BCUT2D eigenvalue weighted by atomic mass is 9.98. The van der Waals surface area contributed by atoms with Crippen LogP contribution in [0.3, 0.4) is 0 Å². The van der Waals surface area contributed by atoms with E-state index in [0.29, 0.717) is 36.9 Å². The molecule has 0 saturated heterocycles. The first kappa shape index (κ1) is 17.0. The summed E-state index contributed by atoms with van der Waals surface area (Å²) in [5.41, 5.74) is 1.91. The minimum atomic E-state index is -0.238. The topological polar surface area (TPSA) is 63.2 Å². The van der Waals surface area contributed by atoms with Gasteiger partial charge in [-0.1, -0.05) is 12.1 Å². The molecular weight excluding hydrogens is 404 g/mol. The molecule has 0 aromatic heterocycles. The third-order valence-corrected chi connectivity index (χ3v) is 5.08. The molecule has 0 fully saturated rings. The Morgan fingerprint density at radius 1 is 1.19 bits per heavy atom. The van der Waals surface area contributed by atoms with Gasteiger partial charge in [0.15, 0.2) is 11.5 Å². The summed E-state index contributed by atoms with van der Waals surface area (Å²) in [6, 6.07) is 9.53. The van der Waals surface area contributed by atoms with Crippen molar-refractivity contribution < 1.29 is 28.5 Å². The van der Waals surface area contributed by atoms with Crippen molar-refractivity contribution in [2.24, 2.45) is 0 Å². The van der Waals surface area contributed by atoms with Crippen LogP contribution in [0.2, 0.25) is 0 Å². The predicted molar refractivity (Wildman–Crippen MR) is 95.9 cm³/mol. The van der Waals surface area contributed by atoms with Gasteiger partial charge in [-0.05, 0) is 28.1 Å². The molecule has 7 heteroatoms. The molecule has 0 bridgehead atoms. The molecule has 2 aliphatic rings. The van der Waals surface area contributed by atoms with Crippen LogP contribution in [0.25, 0.3) is 0 Å². The van der Waals surface area contributed by atoms with E-state index in [1.807, 2.05) is 30.3 Å². The number of methoxy groups -OCH3 is 1. The van der Waals surface area contributed by atoms with Gasteiger partial charge in [0.25, 0.3) is 0 Å². The van der Waals surface area contributed by atoms with E-state index in [2.05, 4.69) is 15.9 Å². The van der Waals surface area contributed by atoms with E-state index in [-0.39, 0.29) is 18.7 Å². The van der Waals surface area contributed by atoms with Crippen molar-refractivity contribution in [2.75, 3.05) is 20.5 Å². The highest BCUT2D eigenvalue weighted by atomic mass is 79.9. The first-order chi connectivity index (χ1) is 12.7. The van der Waals surface area contributed by atoms with Gasteiger partial charge in [0.05, 0.1) is 24.6 Å². The van der Waals surface area contributed by atoms with Crippen LogP contribution in [0.15, 0.2) is 34.8 Å². The number of fused-ring (bicyclic) bond motifs is 2. The van der Waals surface area contributed by atoms with Crippen LogP contribution in [0, 0.1) is 0 Å². The molecule has 0 radical (unpaired) electrons. The Morgan fingerprint density at radius 2 is 2.04 bits per heavy atom. The second-order valence-electron chi connectivity index (χ2n) is 6.05. The summed E-state index contributed by atoms with van der Waals surface area (Å²) in [6.45, 7) is 1.03. The number of rotatable bonds is 5. The Labute approximate surface area is 159 Å². The van der Waals surface area contributed by atoms with Crippen molar-refractivity contribution >= 4 is 21.9 Å². The van der Waals surface area contributed by atoms with Gasteiger partial charge in [-0.15, -0.1) is 0 Å². The summed E-state index contributed by atoms with van der Waals surface area (Å²) in [6.07, 6.45) is 0.312. The van der Waals surface area contributed by atoms with Crippen LogP contribution in [-0.2, 0) is 16.1 Å². The Bertz CT molecular complexity index is 850. The van der Waals surface area contributed by atoms with E-state index in [9.17, 15) is 4.79 Å². The van der Waals surface area contributed by atoms with Gasteiger partial charge in [-0.3, -0.25) is 4.79 Å². The summed E-state index contributed by atoms with van der Waals surface area (Å²) in [4.78, 5) is 11.5. The van der Waals surface area contributed by atoms with Crippen LogP contribution in [0.1, 0.15) is 23.5 Å². The number of hydrogen-bond acceptors (Lipinski definition) is 6. The lowest BCUT2D eigenvalue weighted by Gasteiger charge is -2.11. The van der Waals surface area contributed by atoms with Crippen LogP contribution < -0.4 is 18.9 Å². The van der Waals surface area contributed by atoms with Gasteiger partial charge in [-0.2, -0.15) is 0 Å². The largest absolute Gasteiger partial charge is 0.492 e. The second kappa shape index (κ2) is 7.07. The lowest BCUT2D eigenvalue weighted by Crippen LogP contribution is -2.09. The van der Waals surface area contributed by atoms with Crippen LogP contribution in [0.4, 0.5) is 0 Å². The molecule has 1 unspecified atom stereocenters. The maximum atomic E-state index is 11.5. The minimum absolute atomic E-state index is 0.0202. The van der Waals surface area contributed by atoms with Gasteiger partial charge in [0.2, 0.25) is 6.79 Å². The monoisotopic (exact) mass is 420 g/mol. The van der Waals surface area contributed by atoms with Crippen molar-refractivity contribution in [3.63, 3.8) is 0 Å². The van der Waals surface area contributed by atoms with Crippen molar-refractivity contribution in [3.05, 3.63) is 45.9 Å². The van der Waals surface area contributed by atoms with E-state index < -0.39 is 0 Å². The highest BCUT2D eigenvalue weighted by Gasteiger charge is 2.27. The highest BCUT2D eigenvalue weighted by molar-refractivity contribution is 9.10. The summed E-state index contributed by atoms with van der Waals surface area (Å²) in [5.74, 6) is 2.63. The first-order valence-electron chi connectivity index (χ1n) is 8.19. The SMILES string of the molecule is COC(=O)CC1COc2cc(OCc3ccc(Br)c4c3OCO4)ccc21. The average molecular weight is 421 g/mol. The molecule has 1 atom stereocenters. The molecule has 6 nitrogen and oxygen atoms in total. The van der Waals surface area contributed by atoms with Gasteiger partial charge >= 0.3 is 5.97 Å². The fourth-order valence-corrected chi connectivity index (χ4v) is 3.52. The summed E-state index contributed by atoms with van der Waals surface area (Å²) >= 11 is 3.44. The van der Waals surface area contributed by atoms with Crippen molar-refractivity contribution in [1.82, 2.24) is 0 Å². The molecule has 0 N–H and O–H groups in total. The smallest absolute Gasteiger partial charge is 0.306 e. The Morgan fingerprint density at radius 3 is 2.88 bits per heavy atom. The molecule has 0 spiro atoms. The lowest BCUT2D eigenvalue weighted by molar-refractivity contribution is -0.141. The zero-order valence-corrected chi connectivity index (χ0v) is 15.7. The van der Waals surface area contributed by atoms with E-state index in [4.69, 9.17) is 23.7 Å². The third kappa shape index (κ3) is 3.19. The molecule has 0 saturated carbocycles. The van der Waals surface area contributed by atoms with Crippen molar-refractivity contribution in [1.29, 1.82) is 0 Å². The van der Waals surface area contributed by atoms with Crippen LogP contribution in [-0.4, -0.2) is 26.5 Å². The number of esters is 1. The van der Waals surface area contributed by atoms with Crippen LogP contribution in [0.5, 0.6) is 23.0 Å². The summed E-state index contributed by atoms with van der Waals surface area (Å²) in [7, 11) is 1.39. The van der Waals surface area contributed by atoms with Gasteiger partial charge in [0.1, 0.15) is 18.1 Å². The molecule has 0 aliphatic carbocycles. The predicted octanol–water partition coefficient (Wildman–Crippen LogP) is 3.80. The number of hydrogen-bond donors (Lipinski definition) is 0. The number of carbonyl (C=O) groups excluding carboxylic acids is 1. The molecule has 4 rings (SSSR count). The standard InChI is InChI=1S/C19H17BrO6/c1-22-17(21)6-12-9-24-16-7-13(3-4-14(12)16)23-8-11-2-5-15(20)19-18(11)25-10-26-19/h2-5,7,12H,6,8-10H2,1H3. The fourth-order valence-electron chi connectivity index (χ4n) is 3.09. The summed E-state index contributed by atoms with van der Waals surface area (Å²) in [5, 5.41) is 0. The molecular formula is C19H17BrO6. The summed E-state index contributed by atoms with van der Waals surface area (Å²) < 4.78 is 28.2. The van der Waals surface area contributed by atoms with E-state index in [0.717, 1.165) is 21.3 Å². The van der Waals surface area contributed by atoms with E-state index >= 15 is 0 Å². The van der Waals surface area contributed by atoms with Crippen LogP contribution >= 0.6 is 15.9 Å². The van der Waals surface area contributed by atoms with E-state index in [1.54, 1.807) is 0 Å². The first-order valence-corrected chi connectivity index (χ1v) is 8.98. The van der Waals surface area contributed by atoms with E-state index in [1.165, 1.54) is 7.11 Å². The maximum Gasteiger partial charge on any atom is 0.306 e. The zero-order valence-electron chi connectivity index (χ0n) is 14.1. The Kier molecular flexibility index (Phi) is 4.63. The van der Waals surface area contributed by atoms with Gasteiger partial charge in [-0.25, -0.2) is 0 Å². The van der Waals surface area contributed by atoms with Crippen molar-refractivity contribution in [2.45, 2.75) is 18.9 Å². The maximum absolute atomic E-state index is 11.5. The quantitative estimate of drug-likeness (QED) is 0.685. The Balaban J connectivity index is 1.46. The number of halogens is 1. The van der Waals surface area contributed by atoms with Gasteiger partial charge < -0.3 is 23.7 Å². The number of ether oxygens (including phenoxy) is 5. The normalized spacial score (nSPS) is 16.8. The molecule has 2 aromatic carbocycles. The molecule has 26 heavy (non-hydrogen) atoms. The number of carbonyl (C=O) groups is 1. The minimum Gasteiger partial charge on any atom is -0.492 e.